The molecule has 57 heavy (non-hydrogen) atoms. The van der Waals surface area contributed by atoms with Gasteiger partial charge in [-0.3, -0.25) is 0 Å². The predicted molar refractivity (Wildman–Crippen MR) is 247 cm³/mol. The zero-order valence-corrected chi connectivity index (χ0v) is 36.0. The van der Waals surface area contributed by atoms with Gasteiger partial charge in [0.25, 0.3) is 0 Å². The van der Waals surface area contributed by atoms with Gasteiger partial charge in [0.15, 0.2) is 24.8 Å². The van der Waals surface area contributed by atoms with Crippen molar-refractivity contribution in [1.82, 2.24) is 0 Å². The molecule has 6 rings (SSSR count). The SMILES string of the molecule is CCCCCCCCCCCCCCCCCC[n+]1ccc(-c2cc[n+](CCCCCCCCCCCc3ccc4ccc5cccc6ccc3c4c56)cc2)cc1. The number of aromatic nitrogens is 2. The lowest BCUT2D eigenvalue weighted by atomic mass is 9.90. The largest absolute Gasteiger partial charge is 0.205 e. The predicted octanol–water partition coefficient (Wildman–Crippen LogP) is 15.8. The van der Waals surface area contributed by atoms with Gasteiger partial charge in [-0.2, -0.15) is 0 Å². The average Bonchev–Trinajstić information content (AvgIpc) is 3.25. The molecule has 0 N–H and O–H groups in total. The van der Waals surface area contributed by atoms with E-state index in [-0.39, 0.29) is 0 Å². The number of hydrogen-bond donors (Lipinski definition) is 0. The summed E-state index contributed by atoms with van der Waals surface area (Å²) in [7, 11) is 0. The Morgan fingerprint density at radius 1 is 0.333 bits per heavy atom. The van der Waals surface area contributed by atoms with Gasteiger partial charge in [-0.05, 0) is 74.7 Å². The summed E-state index contributed by atoms with van der Waals surface area (Å²) in [5.41, 5.74) is 4.16. The Bertz CT molecular complexity index is 1940. The molecule has 2 heterocycles. The molecule has 0 unspecified atom stereocenters. The monoisotopic (exact) mass is 765 g/mol. The topological polar surface area (TPSA) is 7.76 Å². The highest BCUT2D eigenvalue weighted by atomic mass is 14.9. The van der Waals surface area contributed by atoms with Crippen molar-refractivity contribution in [3.05, 3.63) is 109 Å². The van der Waals surface area contributed by atoms with Gasteiger partial charge in [-0.1, -0.05) is 190 Å². The zero-order valence-electron chi connectivity index (χ0n) is 36.0. The van der Waals surface area contributed by atoms with Crippen LogP contribution in [0.2, 0.25) is 0 Å². The van der Waals surface area contributed by atoms with Crippen molar-refractivity contribution in [2.75, 3.05) is 0 Å². The normalized spacial score (nSPS) is 11.8. The maximum atomic E-state index is 2.38. The molecule has 0 aliphatic carbocycles. The minimum Gasteiger partial charge on any atom is -0.205 e. The second-order valence-corrected chi connectivity index (χ2v) is 17.5. The third-order valence-corrected chi connectivity index (χ3v) is 12.9. The van der Waals surface area contributed by atoms with Crippen LogP contribution in [0.3, 0.4) is 0 Å². The molecule has 0 saturated heterocycles. The fourth-order valence-electron chi connectivity index (χ4n) is 9.30. The van der Waals surface area contributed by atoms with Crippen LogP contribution in [0.1, 0.15) is 173 Å². The van der Waals surface area contributed by atoms with Crippen LogP contribution in [0.5, 0.6) is 0 Å². The lowest BCUT2D eigenvalue weighted by molar-refractivity contribution is -0.697. The third-order valence-electron chi connectivity index (χ3n) is 12.9. The maximum absolute atomic E-state index is 2.38. The quantitative estimate of drug-likeness (QED) is 0.0245. The van der Waals surface area contributed by atoms with Gasteiger partial charge in [0.1, 0.15) is 13.1 Å². The Kier molecular flexibility index (Phi) is 18.7. The Morgan fingerprint density at radius 2 is 0.702 bits per heavy atom. The Labute approximate surface area is 347 Å². The Balaban J connectivity index is 0.745. The summed E-state index contributed by atoms with van der Waals surface area (Å²) in [5, 5.41) is 8.47. The van der Waals surface area contributed by atoms with E-state index in [1.165, 1.54) is 216 Å². The molecule has 0 bridgehead atoms. The molecule has 0 radical (unpaired) electrons. The summed E-state index contributed by atoms with van der Waals surface area (Å²) in [6.45, 7) is 4.56. The van der Waals surface area contributed by atoms with Crippen molar-refractivity contribution in [2.24, 2.45) is 0 Å². The molecule has 304 valence electrons. The highest BCUT2D eigenvalue weighted by molar-refractivity contribution is 6.23. The number of benzene rings is 4. The van der Waals surface area contributed by atoms with E-state index < -0.39 is 0 Å². The van der Waals surface area contributed by atoms with Crippen molar-refractivity contribution in [2.45, 2.75) is 187 Å². The van der Waals surface area contributed by atoms with Crippen LogP contribution < -0.4 is 9.13 Å². The van der Waals surface area contributed by atoms with E-state index in [9.17, 15) is 0 Å². The molecule has 2 aromatic heterocycles. The number of unbranched alkanes of at least 4 members (excludes halogenated alkanes) is 23. The first-order valence-corrected chi connectivity index (χ1v) is 23.9. The lowest BCUT2D eigenvalue weighted by Crippen LogP contribution is -2.33. The standard InChI is InChI=1S/C55H76N2/c1-2-3-4-5-6-7-8-9-10-11-12-13-16-19-22-25-41-56-43-37-47(38-44-56)48-39-45-57(46-40-48)42-26-23-20-17-14-15-18-21-24-28-49-31-32-52-34-33-50-29-27-30-51-35-36-53(49)55(52)54(50)51/h27,29-40,43-46H,2-26,28,41-42H2,1H3/q+2. The van der Waals surface area contributed by atoms with Crippen LogP contribution in [-0.2, 0) is 19.5 Å². The van der Waals surface area contributed by atoms with Crippen molar-refractivity contribution in [1.29, 1.82) is 0 Å². The van der Waals surface area contributed by atoms with Crippen molar-refractivity contribution < 1.29 is 9.13 Å². The van der Waals surface area contributed by atoms with Gasteiger partial charge in [0.05, 0.1) is 0 Å². The van der Waals surface area contributed by atoms with Gasteiger partial charge < -0.3 is 0 Å². The second-order valence-electron chi connectivity index (χ2n) is 17.5. The van der Waals surface area contributed by atoms with Crippen LogP contribution in [0.25, 0.3) is 43.4 Å². The van der Waals surface area contributed by atoms with Crippen molar-refractivity contribution in [3.63, 3.8) is 0 Å². The summed E-state index contributed by atoms with van der Waals surface area (Å²) in [4.78, 5) is 0. The summed E-state index contributed by atoms with van der Waals surface area (Å²) in [6, 6.07) is 29.9. The summed E-state index contributed by atoms with van der Waals surface area (Å²) >= 11 is 0. The van der Waals surface area contributed by atoms with Crippen LogP contribution >= 0.6 is 0 Å². The van der Waals surface area contributed by atoms with Gasteiger partial charge in [0.2, 0.25) is 0 Å². The van der Waals surface area contributed by atoms with E-state index in [4.69, 9.17) is 0 Å². The lowest BCUT2D eigenvalue weighted by Gasteiger charge is -2.14. The molecule has 6 aromatic rings. The van der Waals surface area contributed by atoms with Crippen LogP contribution in [0.4, 0.5) is 0 Å². The molecule has 2 nitrogen and oxygen atoms in total. The molecule has 0 atom stereocenters. The number of rotatable bonds is 30. The van der Waals surface area contributed by atoms with Crippen molar-refractivity contribution in [3.8, 4) is 11.1 Å². The van der Waals surface area contributed by atoms with E-state index in [0.29, 0.717) is 0 Å². The van der Waals surface area contributed by atoms with E-state index in [0.717, 1.165) is 13.1 Å². The highest BCUT2D eigenvalue weighted by Crippen LogP contribution is 2.36. The van der Waals surface area contributed by atoms with Crippen molar-refractivity contribution >= 4 is 32.3 Å². The van der Waals surface area contributed by atoms with E-state index in [2.05, 4.69) is 120 Å². The van der Waals surface area contributed by atoms with Gasteiger partial charge in [0, 0.05) is 37.1 Å². The zero-order chi connectivity index (χ0) is 39.2. The molecule has 4 aromatic carbocycles. The first-order valence-electron chi connectivity index (χ1n) is 23.9. The first-order chi connectivity index (χ1) is 28.3. The van der Waals surface area contributed by atoms with Crippen LogP contribution in [0.15, 0.2) is 104 Å². The fourth-order valence-corrected chi connectivity index (χ4v) is 9.30. The molecule has 2 heteroatoms. The second kappa shape index (κ2) is 24.9. The summed E-state index contributed by atoms with van der Waals surface area (Å²) in [5.74, 6) is 0. The molecule has 0 aliphatic heterocycles. The highest BCUT2D eigenvalue weighted by Gasteiger charge is 2.11. The third kappa shape index (κ3) is 13.9. The van der Waals surface area contributed by atoms with Gasteiger partial charge in [-0.15, -0.1) is 0 Å². The average molecular weight is 765 g/mol. The molecule has 0 saturated carbocycles. The minimum atomic E-state index is 1.12. The summed E-state index contributed by atoms with van der Waals surface area (Å²) < 4.78 is 4.73. The minimum absolute atomic E-state index is 1.12. The molecular weight excluding hydrogens is 689 g/mol. The number of aryl methyl sites for hydroxylation is 3. The Hall–Kier alpha value is -3.78. The summed E-state index contributed by atoms with van der Waals surface area (Å²) in [6.07, 6.45) is 45.2. The maximum Gasteiger partial charge on any atom is 0.169 e. The Morgan fingerprint density at radius 3 is 1.16 bits per heavy atom. The molecule has 0 spiro atoms. The molecular formula is C55H76N2+2. The van der Waals surface area contributed by atoms with Gasteiger partial charge >= 0.3 is 0 Å². The number of pyridine rings is 2. The fraction of sp³-hybridized carbons (Fsp3) is 0.527. The smallest absolute Gasteiger partial charge is 0.169 e. The van der Waals surface area contributed by atoms with E-state index in [1.54, 1.807) is 0 Å². The number of hydrogen-bond acceptors (Lipinski definition) is 0. The number of nitrogens with zero attached hydrogens (tertiary/aromatic N) is 2. The van der Waals surface area contributed by atoms with Gasteiger partial charge in [-0.25, -0.2) is 9.13 Å². The first kappa shape index (κ1) is 42.8. The molecule has 0 amide bonds. The van der Waals surface area contributed by atoms with E-state index >= 15 is 0 Å². The van der Waals surface area contributed by atoms with Crippen LogP contribution in [0, 0.1) is 0 Å². The molecule has 0 fully saturated rings. The van der Waals surface area contributed by atoms with Crippen LogP contribution in [-0.4, -0.2) is 0 Å². The van der Waals surface area contributed by atoms with E-state index in [1.807, 2.05) is 0 Å². The molecule has 0 aliphatic rings.